The van der Waals surface area contributed by atoms with E-state index in [2.05, 4.69) is 0 Å². The van der Waals surface area contributed by atoms with Crippen LogP contribution in [-0.2, 0) is 9.53 Å². The van der Waals surface area contributed by atoms with Gasteiger partial charge in [0.1, 0.15) is 6.29 Å². The van der Waals surface area contributed by atoms with E-state index in [1.54, 1.807) is 12.2 Å². The summed E-state index contributed by atoms with van der Waals surface area (Å²) in [6.07, 6.45) is 5.72. The number of carbonyl (C=O) groups excluding carboxylic acids is 1. The minimum Gasteiger partial charge on any atom is -0.362 e. The van der Waals surface area contributed by atoms with Crippen molar-refractivity contribution in [2.45, 2.75) is 12.2 Å². The molecular formula is C8H10O3. The average molecular weight is 154 g/mol. The summed E-state index contributed by atoms with van der Waals surface area (Å²) in [5.74, 6) is -1.29. The van der Waals surface area contributed by atoms with Gasteiger partial charge in [-0.15, -0.1) is 0 Å². The summed E-state index contributed by atoms with van der Waals surface area (Å²) in [5.41, 5.74) is 0.539. The number of ether oxygens (including phenoxy) is 1. The third-order valence-electron chi connectivity index (χ3n) is 1.63. The fourth-order valence-electron chi connectivity index (χ4n) is 0.954. The number of methoxy groups -OCH3 is 1. The molecule has 11 heavy (non-hydrogen) atoms. The zero-order valence-electron chi connectivity index (χ0n) is 6.28. The highest BCUT2D eigenvalue weighted by atomic mass is 16.6. The Bertz CT molecular complexity index is 217. The molecule has 0 saturated carbocycles. The summed E-state index contributed by atoms with van der Waals surface area (Å²) in [6.45, 7) is 0. The number of carbonyl (C=O) groups is 1. The lowest BCUT2D eigenvalue weighted by Gasteiger charge is -2.24. The lowest BCUT2D eigenvalue weighted by atomic mass is 10.0. The van der Waals surface area contributed by atoms with Gasteiger partial charge in [-0.3, -0.25) is 4.79 Å². The van der Waals surface area contributed by atoms with Gasteiger partial charge in [-0.25, -0.2) is 0 Å². The van der Waals surface area contributed by atoms with Crippen molar-refractivity contribution >= 4 is 6.29 Å². The Balaban J connectivity index is 2.76. The SMILES string of the molecule is COC1(O)C=CC=C(C=O)C1. The van der Waals surface area contributed by atoms with E-state index in [0.717, 1.165) is 0 Å². The molecule has 1 aliphatic rings. The Morgan fingerprint density at radius 3 is 3.09 bits per heavy atom. The molecule has 1 atom stereocenters. The number of hydrogen-bond acceptors (Lipinski definition) is 3. The van der Waals surface area contributed by atoms with E-state index in [-0.39, 0.29) is 6.42 Å². The van der Waals surface area contributed by atoms with E-state index in [1.165, 1.54) is 13.2 Å². The van der Waals surface area contributed by atoms with Gasteiger partial charge in [-0.1, -0.05) is 12.2 Å². The van der Waals surface area contributed by atoms with Gasteiger partial charge in [0, 0.05) is 13.5 Å². The normalized spacial score (nSPS) is 29.8. The van der Waals surface area contributed by atoms with Crippen molar-refractivity contribution in [3.05, 3.63) is 23.8 Å². The number of allylic oxidation sites excluding steroid dienone is 2. The van der Waals surface area contributed by atoms with E-state index >= 15 is 0 Å². The fourth-order valence-corrected chi connectivity index (χ4v) is 0.954. The molecule has 3 nitrogen and oxygen atoms in total. The molecular weight excluding hydrogens is 144 g/mol. The Morgan fingerprint density at radius 2 is 2.55 bits per heavy atom. The van der Waals surface area contributed by atoms with Crippen molar-refractivity contribution in [1.82, 2.24) is 0 Å². The first kappa shape index (κ1) is 8.17. The molecule has 0 aromatic rings. The van der Waals surface area contributed by atoms with E-state index in [1.807, 2.05) is 0 Å². The molecule has 1 rings (SSSR count). The summed E-state index contributed by atoms with van der Waals surface area (Å²) in [5, 5.41) is 9.47. The minimum absolute atomic E-state index is 0.226. The molecule has 0 aromatic carbocycles. The highest BCUT2D eigenvalue weighted by Gasteiger charge is 2.25. The van der Waals surface area contributed by atoms with Crippen LogP contribution in [0, 0.1) is 0 Å². The van der Waals surface area contributed by atoms with Crippen LogP contribution >= 0.6 is 0 Å². The zero-order valence-corrected chi connectivity index (χ0v) is 6.28. The number of rotatable bonds is 2. The average Bonchev–Trinajstić information content (AvgIpc) is 2.05. The van der Waals surface area contributed by atoms with Gasteiger partial charge in [0.05, 0.1) is 0 Å². The first-order chi connectivity index (χ1) is 5.20. The second-order valence-electron chi connectivity index (χ2n) is 2.44. The van der Waals surface area contributed by atoms with E-state index in [4.69, 9.17) is 4.74 Å². The van der Waals surface area contributed by atoms with Crippen LogP contribution in [0.4, 0.5) is 0 Å². The van der Waals surface area contributed by atoms with Crippen LogP contribution in [0.2, 0.25) is 0 Å². The summed E-state index contributed by atoms with van der Waals surface area (Å²) < 4.78 is 4.78. The molecule has 0 fully saturated rings. The molecule has 1 N–H and O–H groups in total. The van der Waals surface area contributed by atoms with Crippen molar-refractivity contribution in [1.29, 1.82) is 0 Å². The van der Waals surface area contributed by atoms with Gasteiger partial charge in [0.25, 0.3) is 0 Å². The molecule has 0 amide bonds. The first-order valence-electron chi connectivity index (χ1n) is 3.31. The molecule has 0 spiro atoms. The topological polar surface area (TPSA) is 46.5 Å². The first-order valence-corrected chi connectivity index (χ1v) is 3.31. The summed E-state index contributed by atoms with van der Waals surface area (Å²) in [6, 6.07) is 0. The third-order valence-corrected chi connectivity index (χ3v) is 1.63. The zero-order chi connectivity index (χ0) is 8.32. The van der Waals surface area contributed by atoms with Crippen molar-refractivity contribution in [2.24, 2.45) is 0 Å². The molecule has 0 aromatic heterocycles. The Kier molecular flexibility index (Phi) is 2.22. The van der Waals surface area contributed by atoms with Crippen molar-refractivity contribution in [3.63, 3.8) is 0 Å². The van der Waals surface area contributed by atoms with E-state index < -0.39 is 5.79 Å². The van der Waals surface area contributed by atoms with Crippen molar-refractivity contribution < 1.29 is 14.6 Å². The predicted octanol–water partition coefficient (Wildman–Crippen LogP) is 0.407. The van der Waals surface area contributed by atoms with Crippen LogP contribution in [0.5, 0.6) is 0 Å². The number of hydrogen-bond donors (Lipinski definition) is 1. The summed E-state index contributed by atoms with van der Waals surface area (Å²) in [7, 11) is 1.40. The maximum atomic E-state index is 10.3. The highest BCUT2D eigenvalue weighted by Crippen LogP contribution is 2.21. The molecule has 0 aliphatic heterocycles. The van der Waals surface area contributed by atoms with E-state index in [9.17, 15) is 9.90 Å². The lowest BCUT2D eigenvalue weighted by Crippen LogP contribution is -2.30. The molecule has 1 aliphatic carbocycles. The van der Waals surface area contributed by atoms with Gasteiger partial charge in [0.15, 0.2) is 5.79 Å². The van der Waals surface area contributed by atoms with Gasteiger partial charge in [-0.2, -0.15) is 0 Å². The Morgan fingerprint density at radius 1 is 1.82 bits per heavy atom. The predicted molar refractivity (Wildman–Crippen MR) is 39.9 cm³/mol. The Hall–Kier alpha value is -0.930. The molecule has 60 valence electrons. The van der Waals surface area contributed by atoms with Crippen LogP contribution in [0.3, 0.4) is 0 Å². The molecule has 0 saturated heterocycles. The summed E-state index contributed by atoms with van der Waals surface area (Å²) in [4.78, 5) is 10.3. The largest absolute Gasteiger partial charge is 0.362 e. The molecule has 0 bridgehead atoms. The monoisotopic (exact) mass is 154 g/mol. The van der Waals surface area contributed by atoms with Gasteiger partial charge >= 0.3 is 0 Å². The molecule has 0 heterocycles. The maximum absolute atomic E-state index is 10.3. The van der Waals surface area contributed by atoms with Gasteiger partial charge < -0.3 is 9.84 Å². The quantitative estimate of drug-likeness (QED) is 0.462. The van der Waals surface area contributed by atoms with Crippen LogP contribution in [-0.4, -0.2) is 24.3 Å². The van der Waals surface area contributed by atoms with Crippen LogP contribution in [0.25, 0.3) is 0 Å². The highest BCUT2D eigenvalue weighted by molar-refractivity contribution is 5.74. The smallest absolute Gasteiger partial charge is 0.189 e. The maximum Gasteiger partial charge on any atom is 0.189 e. The number of aldehydes is 1. The lowest BCUT2D eigenvalue weighted by molar-refractivity contribution is -0.146. The number of aliphatic hydroxyl groups is 1. The third kappa shape index (κ3) is 1.76. The van der Waals surface area contributed by atoms with Crippen LogP contribution in [0.15, 0.2) is 23.8 Å². The van der Waals surface area contributed by atoms with Gasteiger partial charge in [0.2, 0.25) is 0 Å². The molecule has 1 unspecified atom stereocenters. The Labute approximate surface area is 65.0 Å². The van der Waals surface area contributed by atoms with Crippen LogP contribution < -0.4 is 0 Å². The molecule has 0 radical (unpaired) electrons. The second kappa shape index (κ2) is 2.98. The summed E-state index contributed by atoms with van der Waals surface area (Å²) >= 11 is 0. The standard InChI is InChI=1S/C8H10O3/c1-11-8(10)4-2-3-7(5-8)6-9/h2-4,6,10H,5H2,1H3. The second-order valence-corrected chi connectivity index (χ2v) is 2.44. The van der Waals surface area contributed by atoms with Gasteiger partial charge in [-0.05, 0) is 11.6 Å². The minimum atomic E-state index is -1.29. The molecule has 3 heteroatoms. The fraction of sp³-hybridized carbons (Fsp3) is 0.375. The van der Waals surface area contributed by atoms with Crippen LogP contribution in [0.1, 0.15) is 6.42 Å². The van der Waals surface area contributed by atoms with Crippen molar-refractivity contribution in [3.8, 4) is 0 Å². The van der Waals surface area contributed by atoms with Crippen molar-refractivity contribution in [2.75, 3.05) is 7.11 Å². The van der Waals surface area contributed by atoms with E-state index in [0.29, 0.717) is 11.9 Å².